The predicted molar refractivity (Wildman–Crippen MR) is 133 cm³/mol. The summed E-state index contributed by atoms with van der Waals surface area (Å²) in [5.41, 5.74) is 0.642. The van der Waals surface area contributed by atoms with Crippen LogP contribution < -0.4 is 26.6 Å². The standard InChI is InChI=1S/C22H31N9O4S/c1-2-3-10-36(34,35)30-16-8-6-14(7-9-16)24-20-27-18-13(11-17-19(32)28-22(33)26-17)12-23-31(18)21(29-20)25-15-4-5-15/h11-12,14-16,30,32H,2-10H2,1H3,(H,24,25,29)(H2,26,28,33)/b13-11+. The van der Waals surface area contributed by atoms with Crippen molar-refractivity contribution in [3.8, 4) is 5.88 Å². The smallest absolute Gasteiger partial charge is 0.326 e. The van der Waals surface area contributed by atoms with E-state index >= 15 is 0 Å². The van der Waals surface area contributed by atoms with Crippen LogP contribution in [0.25, 0.3) is 11.7 Å². The number of anilines is 1. The molecule has 2 fully saturated rings. The number of aromatic hydroxyl groups is 1. The number of aromatic nitrogens is 6. The van der Waals surface area contributed by atoms with Gasteiger partial charge < -0.3 is 15.4 Å². The monoisotopic (exact) mass is 517 g/mol. The van der Waals surface area contributed by atoms with Gasteiger partial charge >= 0.3 is 5.69 Å². The van der Waals surface area contributed by atoms with Crippen LogP contribution in [0.5, 0.6) is 5.88 Å². The first-order chi connectivity index (χ1) is 17.3. The maximum atomic E-state index is 12.2. The molecule has 0 radical (unpaired) electrons. The van der Waals surface area contributed by atoms with E-state index in [1.807, 2.05) is 6.92 Å². The van der Waals surface area contributed by atoms with Crippen molar-refractivity contribution >= 4 is 27.7 Å². The molecule has 2 aliphatic rings. The highest BCUT2D eigenvalue weighted by atomic mass is 32.2. The molecule has 0 unspecified atom stereocenters. The number of hydrogen-bond acceptors (Lipinski definition) is 9. The van der Waals surface area contributed by atoms with E-state index in [1.165, 1.54) is 0 Å². The number of nitrogens with zero attached hydrogens (tertiary/aromatic N) is 5. The van der Waals surface area contributed by atoms with Gasteiger partial charge in [0.1, 0.15) is 5.69 Å². The van der Waals surface area contributed by atoms with Crippen molar-refractivity contribution < 1.29 is 13.5 Å². The fourth-order valence-corrected chi connectivity index (χ4v) is 5.86. The Morgan fingerprint density at radius 2 is 1.92 bits per heavy atom. The lowest BCUT2D eigenvalue weighted by Gasteiger charge is -2.29. The van der Waals surface area contributed by atoms with Crippen molar-refractivity contribution in [2.45, 2.75) is 76.4 Å². The molecule has 194 valence electrons. The Balaban J connectivity index is 1.37. The van der Waals surface area contributed by atoms with E-state index < -0.39 is 15.7 Å². The van der Waals surface area contributed by atoms with Crippen LogP contribution >= 0.6 is 0 Å². The Morgan fingerprint density at radius 3 is 2.58 bits per heavy atom. The van der Waals surface area contributed by atoms with Gasteiger partial charge in [-0.3, -0.25) is 4.98 Å². The summed E-state index contributed by atoms with van der Waals surface area (Å²) in [5, 5.41) is 18.3. The number of fused-ring (bicyclic) bond motifs is 1. The topological polar surface area (TPSA) is 183 Å². The summed E-state index contributed by atoms with van der Waals surface area (Å²) in [6.45, 7) is 1.98. The minimum Gasteiger partial charge on any atom is -0.493 e. The van der Waals surface area contributed by atoms with Crippen molar-refractivity contribution in [2.75, 3.05) is 11.1 Å². The minimum absolute atomic E-state index is 0.0547. The lowest BCUT2D eigenvalue weighted by Crippen LogP contribution is -2.41. The average molecular weight is 518 g/mol. The minimum atomic E-state index is -3.24. The van der Waals surface area contributed by atoms with E-state index in [-0.39, 0.29) is 35.5 Å². The largest absolute Gasteiger partial charge is 0.493 e. The average Bonchev–Trinajstić information content (AvgIpc) is 3.47. The molecular formula is C22H31N9O4S. The molecule has 0 spiro atoms. The fraction of sp³-hybridized carbons (Fsp3) is 0.591. The second kappa shape index (κ2) is 10.0. The number of rotatable bonds is 9. The maximum absolute atomic E-state index is 12.2. The number of unbranched alkanes of at least 4 members (excludes halogenated alkanes) is 1. The number of sulfonamides is 1. The maximum Gasteiger partial charge on any atom is 0.326 e. The van der Waals surface area contributed by atoms with Gasteiger partial charge in [0.2, 0.25) is 21.9 Å². The Morgan fingerprint density at radius 1 is 1.17 bits per heavy atom. The van der Waals surface area contributed by atoms with Gasteiger partial charge in [-0.1, -0.05) is 13.3 Å². The second-order valence-corrected chi connectivity index (χ2v) is 11.4. The van der Waals surface area contributed by atoms with Crippen LogP contribution in [0.3, 0.4) is 0 Å². The zero-order valence-electron chi connectivity index (χ0n) is 20.1. The van der Waals surface area contributed by atoms with E-state index in [9.17, 15) is 18.3 Å². The third-order valence-corrected chi connectivity index (χ3v) is 7.95. The van der Waals surface area contributed by atoms with Gasteiger partial charge in [-0.05, 0) is 51.0 Å². The fourth-order valence-electron chi connectivity index (χ4n) is 4.33. The number of aromatic amines is 2. The Labute approximate surface area is 207 Å². The van der Waals surface area contributed by atoms with Crippen molar-refractivity contribution in [3.05, 3.63) is 33.2 Å². The lowest BCUT2D eigenvalue weighted by molar-refractivity contribution is 0.386. The second-order valence-electron chi connectivity index (χ2n) is 9.51. The molecule has 3 aromatic rings. The molecule has 0 bridgehead atoms. The summed E-state index contributed by atoms with van der Waals surface area (Å²) in [6, 6.07) is 0.257. The van der Waals surface area contributed by atoms with Gasteiger partial charge in [-0.15, -0.1) is 0 Å². The van der Waals surface area contributed by atoms with Crippen LogP contribution in [0.15, 0.2) is 16.0 Å². The van der Waals surface area contributed by atoms with Crippen LogP contribution in [0.4, 0.5) is 5.95 Å². The predicted octanol–water partition coefficient (Wildman–Crippen LogP) is -0.100. The summed E-state index contributed by atoms with van der Waals surface area (Å²) < 4.78 is 28.9. The third-order valence-electron chi connectivity index (χ3n) is 6.43. The molecule has 5 N–H and O–H groups in total. The van der Waals surface area contributed by atoms with E-state index in [1.54, 1.807) is 16.8 Å². The molecule has 0 aromatic carbocycles. The Hall–Kier alpha value is -3.26. The molecule has 0 atom stereocenters. The molecule has 13 nitrogen and oxygen atoms in total. The molecule has 36 heavy (non-hydrogen) atoms. The molecule has 3 aromatic heterocycles. The van der Waals surface area contributed by atoms with Crippen molar-refractivity contribution in [1.82, 2.24) is 34.3 Å². The van der Waals surface area contributed by atoms with Crippen LogP contribution in [-0.4, -0.2) is 67.0 Å². The first-order valence-electron chi connectivity index (χ1n) is 12.4. The Kier molecular flexibility index (Phi) is 6.79. The lowest BCUT2D eigenvalue weighted by atomic mass is 9.92. The quantitative estimate of drug-likeness (QED) is 0.261. The summed E-state index contributed by atoms with van der Waals surface area (Å²) in [7, 11) is -3.24. The van der Waals surface area contributed by atoms with Gasteiger partial charge in [-0.25, -0.2) is 22.9 Å². The molecular weight excluding hydrogens is 486 g/mol. The summed E-state index contributed by atoms with van der Waals surface area (Å²) in [6.07, 6.45) is 9.71. The van der Waals surface area contributed by atoms with Crippen molar-refractivity contribution in [2.24, 2.45) is 4.99 Å². The molecule has 2 aliphatic carbocycles. The van der Waals surface area contributed by atoms with Gasteiger partial charge in [0.05, 0.1) is 18.0 Å². The molecule has 2 saturated carbocycles. The number of hydrogen-bond donors (Lipinski definition) is 5. The summed E-state index contributed by atoms with van der Waals surface area (Å²) in [4.78, 5) is 30.3. The van der Waals surface area contributed by atoms with E-state index in [0.717, 1.165) is 44.9 Å². The molecule has 0 saturated heterocycles. The highest BCUT2D eigenvalue weighted by Gasteiger charge is 2.26. The van der Waals surface area contributed by atoms with Crippen LogP contribution in [0.1, 0.15) is 64.0 Å². The van der Waals surface area contributed by atoms with Crippen LogP contribution in [0, 0.1) is 0 Å². The first kappa shape index (κ1) is 24.4. The SMILES string of the molecule is CCCCS(=O)(=O)NC1CCC(Nc2nc(=NC3CC3)n3nc/c(=C\c4[nH]c(=O)[nH]c4O)c3n2)CC1. The van der Waals surface area contributed by atoms with Gasteiger partial charge in [-0.2, -0.15) is 19.6 Å². The normalized spacial score (nSPS) is 21.9. The van der Waals surface area contributed by atoms with Gasteiger partial charge in [0.15, 0.2) is 5.65 Å². The van der Waals surface area contributed by atoms with Crippen molar-refractivity contribution in [1.29, 1.82) is 0 Å². The zero-order valence-corrected chi connectivity index (χ0v) is 20.9. The van der Waals surface area contributed by atoms with Crippen molar-refractivity contribution in [3.63, 3.8) is 0 Å². The molecule has 14 heteroatoms. The first-order valence-corrected chi connectivity index (χ1v) is 14.0. The van der Waals surface area contributed by atoms with Gasteiger partial charge in [0.25, 0.3) is 5.62 Å². The van der Waals surface area contributed by atoms with E-state index in [4.69, 9.17) is 0 Å². The summed E-state index contributed by atoms with van der Waals surface area (Å²) in [5.74, 6) is 0.314. The zero-order chi connectivity index (χ0) is 25.3. The highest BCUT2D eigenvalue weighted by Crippen LogP contribution is 2.23. The number of imidazole rings is 1. The summed E-state index contributed by atoms with van der Waals surface area (Å²) >= 11 is 0. The van der Waals surface area contributed by atoms with E-state index in [2.05, 4.69) is 40.1 Å². The molecule has 0 amide bonds. The van der Waals surface area contributed by atoms with Crippen LogP contribution in [0.2, 0.25) is 0 Å². The van der Waals surface area contributed by atoms with Crippen LogP contribution in [-0.2, 0) is 10.0 Å². The molecule has 3 heterocycles. The molecule has 0 aliphatic heterocycles. The number of H-pyrrole nitrogens is 2. The molecule has 5 rings (SSSR count). The highest BCUT2D eigenvalue weighted by molar-refractivity contribution is 7.89. The van der Waals surface area contributed by atoms with E-state index in [0.29, 0.717) is 28.9 Å². The van der Waals surface area contributed by atoms with Gasteiger partial charge in [0, 0.05) is 17.3 Å². The Bertz CT molecular complexity index is 1510. The number of nitrogens with one attached hydrogen (secondary N) is 4. The third kappa shape index (κ3) is 5.75.